The highest BCUT2D eigenvalue weighted by Gasteiger charge is 2.26. The lowest BCUT2D eigenvalue weighted by molar-refractivity contribution is 0.313. The molecule has 0 bridgehead atoms. The minimum Gasteiger partial charge on any atom is -0.346 e. The number of nitrogens with zero attached hydrogens (tertiary/aromatic N) is 2. The quantitative estimate of drug-likeness (QED) is 0.865. The molecule has 0 saturated carbocycles. The Morgan fingerprint density at radius 1 is 1.59 bits per heavy atom. The molecule has 3 heterocycles. The van der Waals surface area contributed by atoms with Gasteiger partial charge < -0.3 is 4.98 Å². The van der Waals surface area contributed by atoms with Gasteiger partial charge in [0, 0.05) is 29.4 Å². The van der Waals surface area contributed by atoms with Gasteiger partial charge in [-0.05, 0) is 38.1 Å². The Morgan fingerprint density at radius 2 is 2.47 bits per heavy atom. The highest BCUT2D eigenvalue weighted by atomic mass is 19.1. The van der Waals surface area contributed by atoms with E-state index >= 15 is 0 Å². The molecule has 1 atom stereocenters. The van der Waals surface area contributed by atoms with Gasteiger partial charge >= 0.3 is 0 Å². The van der Waals surface area contributed by atoms with Crippen LogP contribution in [-0.2, 0) is 6.67 Å². The van der Waals surface area contributed by atoms with E-state index in [1.165, 1.54) is 6.42 Å². The minimum absolute atomic E-state index is 0.326. The second-order valence-corrected chi connectivity index (χ2v) is 4.70. The van der Waals surface area contributed by atoms with Crippen molar-refractivity contribution in [1.29, 1.82) is 0 Å². The van der Waals surface area contributed by atoms with Crippen LogP contribution in [0.25, 0.3) is 11.0 Å². The number of likely N-dealkylation sites (tertiary alicyclic amines) is 1. The van der Waals surface area contributed by atoms with E-state index in [-0.39, 0.29) is 0 Å². The molecule has 1 saturated heterocycles. The fraction of sp³-hybridized carbons (Fsp3) is 0.462. The Bertz CT molecular complexity index is 534. The number of hydrogen-bond donors (Lipinski definition) is 1. The van der Waals surface area contributed by atoms with E-state index in [2.05, 4.69) is 21.9 Å². The van der Waals surface area contributed by atoms with Crippen LogP contribution in [0.15, 0.2) is 18.5 Å². The third kappa shape index (κ3) is 1.63. The number of pyridine rings is 1. The van der Waals surface area contributed by atoms with Crippen LogP contribution in [0, 0.1) is 0 Å². The largest absolute Gasteiger partial charge is 0.346 e. The van der Waals surface area contributed by atoms with Crippen LogP contribution in [0.2, 0.25) is 0 Å². The first-order valence-corrected chi connectivity index (χ1v) is 6.02. The Morgan fingerprint density at radius 3 is 3.18 bits per heavy atom. The SMILES string of the molecule is CN1CCC[C@H]1c1cnc2[nH]ccc2c1CF. The van der Waals surface area contributed by atoms with Gasteiger partial charge in [-0.25, -0.2) is 9.37 Å². The molecule has 3 rings (SSSR count). The van der Waals surface area contributed by atoms with Crippen LogP contribution in [0.1, 0.15) is 30.0 Å². The number of aromatic amines is 1. The Labute approximate surface area is 99.7 Å². The average molecular weight is 233 g/mol. The molecule has 2 aromatic heterocycles. The third-order valence-electron chi connectivity index (χ3n) is 3.74. The van der Waals surface area contributed by atoms with Crippen molar-refractivity contribution in [3.05, 3.63) is 29.6 Å². The van der Waals surface area contributed by atoms with Gasteiger partial charge in [0.2, 0.25) is 0 Å². The van der Waals surface area contributed by atoms with Crippen LogP contribution < -0.4 is 0 Å². The highest BCUT2D eigenvalue weighted by Crippen LogP contribution is 2.34. The molecule has 0 aromatic carbocycles. The summed E-state index contributed by atoms with van der Waals surface area (Å²) in [6, 6.07) is 2.24. The van der Waals surface area contributed by atoms with Crippen LogP contribution in [-0.4, -0.2) is 28.5 Å². The molecular weight excluding hydrogens is 217 g/mol. The maximum Gasteiger partial charge on any atom is 0.137 e. The molecule has 1 N–H and O–H groups in total. The minimum atomic E-state index is -0.420. The van der Waals surface area contributed by atoms with Crippen molar-refractivity contribution in [3.63, 3.8) is 0 Å². The molecule has 0 aliphatic carbocycles. The van der Waals surface area contributed by atoms with Crippen molar-refractivity contribution in [2.45, 2.75) is 25.6 Å². The monoisotopic (exact) mass is 233 g/mol. The van der Waals surface area contributed by atoms with E-state index in [1.54, 1.807) is 0 Å². The summed E-state index contributed by atoms with van der Waals surface area (Å²) >= 11 is 0. The lowest BCUT2D eigenvalue weighted by Crippen LogP contribution is -2.19. The normalized spacial score (nSPS) is 21.4. The van der Waals surface area contributed by atoms with Crippen LogP contribution in [0.4, 0.5) is 4.39 Å². The topological polar surface area (TPSA) is 31.9 Å². The zero-order valence-electron chi connectivity index (χ0n) is 9.91. The van der Waals surface area contributed by atoms with E-state index in [1.807, 2.05) is 18.5 Å². The van der Waals surface area contributed by atoms with Crippen LogP contribution in [0.3, 0.4) is 0 Å². The van der Waals surface area contributed by atoms with Crippen molar-refractivity contribution in [1.82, 2.24) is 14.9 Å². The number of alkyl halides is 1. The summed E-state index contributed by atoms with van der Waals surface area (Å²) in [5.41, 5.74) is 2.64. The van der Waals surface area contributed by atoms with Crippen LogP contribution >= 0.6 is 0 Å². The molecule has 90 valence electrons. The van der Waals surface area contributed by atoms with Crippen LogP contribution in [0.5, 0.6) is 0 Å². The Hall–Kier alpha value is -1.42. The summed E-state index contributed by atoms with van der Waals surface area (Å²) in [5, 5.41) is 0.922. The van der Waals surface area contributed by atoms with Gasteiger partial charge in [0.15, 0.2) is 0 Å². The number of aromatic nitrogens is 2. The zero-order chi connectivity index (χ0) is 11.8. The molecule has 4 heteroatoms. The molecule has 1 aliphatic rings. The van der Waals surface area contributed by atoms with Gasteiger partial charge in [0.1, 0.15) is 12.3 Å². The maximum absolute atomic E-state index is 13.3. The summed E-state index contributed by atoms with van der Waals surface area (Å²) in [4.78, 5) is 9.70. The fourth-order valence-corrected chi connectivity index (χ4v) is 2.82. The van der Waals surface area contributed by atoms with Gasteiger partial charge in [-0.15, -0.1) is 0 Å². The number of rotatable bonds is 2. The van der Waals surface area contributed by atoms with Gasteiger partial charge in [0.25, 0.3) is 0 Å². The van der Waals surface area contributed by atoms with Gasteiger partial charge in [-0.1, -0.05) is 0 Å². The molecule has 2 aromatic rings. The molecule has 0 spiro atoms. The number of hydrogen-bond acceptors (Lipinski definition) is 2. The fourth-order valence-electron chi connectivity index (χ4n) is 2.82. The summed E-state index contributed by atoms with van der Waals surface area (Å²) in [6.07, 6.45) is 5.93. The third-order valence-corrected chi connectivity index (χ3v) is 3.74. The molecule has 0 unspecified atom stereocenters. The van der Waals surface area contributed by atoms with Crippen molar-refractivity contribution in [3.8, 4) is 0 Å². The van der Waals surface area contributed by atoms with Crippen molar-refractivity contribution >= 4 is 11.0 Å². The Kier molecular flexibility index (Phi) is 2.59. The molecule has 0 amide bonds. The first-order valence-electron chi connectivity index (χ1n) is 6.02. The van der Waals surface area contributed by atoms with E-state index < -0.39 is 6.67 Å². The van der Waals surface area contributed by atoms with Gasteiger partial charge in [0.05, 0.1) is 0 Å². The highest BCUT2D eigenvalue weighted by molar-refractivity contribution is 5.80. The zero-order valence-corrected chi connectivity index (χ0v) is 9.91. The predicted molar refractivity (Wildman–Crippen MR) is 65.5 cm³/mol. The van der Waals surface area contributed by atoms with E-state index in [0.29, 0.717) is 6.04 Å². The van der Waals surface area contributed by atoms with E-state index in [9.17, 15) is 4.39 Å². The predicted octanol–water partition coefficient (Wildman–Crippen LogP) is 2.80. The molecule has 1 aliphatic heterocycles. The van der Waals surface area contributed by atoms with Crippen molar-refractivity contribution < 1.29 is 4.39 Å². The molecule has 1 fully saturated rings. The number of nitrogens with one attached hydrogen (secondary N) is 1. The van der Waals surface area contributed by atoms with Crippen molar-refractivity contribution in [2.75, 3.05) is 13.6 Å². The first-order chi connectivity index (χ1) is 8.31. The second-order valence-electron chi connectivity index (χ2n) is 4.70. The lowest BCUT2D eigenvalue weighted by atomic mass is 9.99. The second kappa shape index (κ2) is 4.11. The summed E-state index contributed by atoms with van der Waals surface area (Å²) in [7, 11) is 2.10. The lowest BCUT2D eigenvalue weighted by Gasteiger charge is -2.21. The molecule has 3 nitrogen and oxygen atoms in total. The average Bonchev–Trinajstić information content (AvgIpc) is 2.95. The summed E-state index contributed by atoms with van der Waals surface area (Å²) in [5.74, 6) is 0. The Balaban J connectivity index is 2.14. The van der Waals surface area contributed by atoms with E-state index in [4.69, 9.17) is 0 Å². The maximum atomic E-state index is 13.3. The van der Waals surface area contributed by atoms with Crippen molar-refractivity contribution in [2.24, 2.45) is 0 Å². The summed E-state index contributed by atoms with van der Waals surface area (Å²) < 4.78 is 13.3. The van der Waals surface area contributed by atoms with E-state index in [0.717, 1.165) is 35.1 Å². The smallest absolute Gasteiger partial charge is 0.137 e. The molecule has 17 heavy (non-hydrogen) atoms. The molecular formula is C13H16FN3. The first kappa shape index (κ1) is 10.7. The molecule has 0 radical (unpaired) electrons. The van der Waals surface area contributed by atoms with Gasteiger partial charge in [-0.2, -0.15) is 0 Å². The standard InChI is InChI=1S/C13H16FN3/c1-17-6-2-3-12(17)11-8-16-13-9(4-5-15-13)10(11)7-14/h4-5,8,12H,2-3,6-7H2,1H3,(H,15,16)/t12-/m0/s1. The number of halogens is 1. The number of fused-ring (bicyclic) bond motifs is 1. The van der Waals surface area contributed by atoms with Gasteiger partial charge in [-0.3, -0.25) is 4.90 Å². The number of H-pyrrole nitrogens is 1. The summed E-state index contributed by atoms with van der Waals surface area (Å²) in [6.45, 7) is 0.665.